The second-order valence-corrected chi connectivity index (χ2v) is 3.35. The third kappa shape index (κ3) is 1.70. The molecule has 0 aliphatic heterocycles. The number of nitrogens with two attached hydrogens (primary N) is 2. The van der Waals surface area contributed by atoms with Gasteiger partial charge in [0.25, 0.3) is 0 Å². The highest BCUT2D eigenvalue weighted by Gasteiger charge is 2.01. The second-order valence-electron chi connectivity index (χ2n) is 3.35. The zero-order valence-corrected chi connectivity index (χ0v) is 7.96. The molecule has 0 unspecified atom stereocenters. The maximum absolute atomic E-state index is 5.67. The van der Waals surface area contributed by atoms with Crippen LogP contribution in [0.5, 0.6) is 0 Å². The largest absolute Gasteiger partial charge is 0.399 e. The molecule has 0 aliphatic carbocycles. The predicted octanol–water partition coefficient (Wildman–Crippen LogP) is 1.04. The topological polar surface area (TPSA) is 80.7 Å². The van der Waals surface area contributed by atoms with Crippen molar-refractivity contribution in [2.75, 3.05) is 12.3 Å². The van der Waals surface area contributed by atoms with Gasteiger partial charge in [0.05, 0.1) is 11.0 Å². The van der Waals surface area contributed by atoms with Crippen LogP contribution in [0.25, 0.3) is 11.0 Å². The summed E-state index contributed by atoms with van der Waals surface area (Å²) >= 11 is 0. The molecule has 1 aromatic heterocycles. The summed E-state index contributed by atoms with van der Waals surface area (Å²) in [5.41, 5.74) is 13.8. The maximum Gasteiger partial charge on any atom is 0.107 e. The molecule has 0 aliphatic rings. The van der Waals surface area contributed by atoms with E-state index in [2.05, 4.69) is 9.97 Å². The number of aryl methyl sites for hydroxylation is 1. The highest BCUT2D eigenvalue weighted by Crippen LogP contribution is 2.15. The van der Waals surface area contributed by atoms with Gasteiger partial charge in [-0.25, -0.2) is 4.98 Å². The van der Waals surface area contributed by atoms with Crippen molar-refractivity contribution >= 4 is 16.7 Å². The minimum Gasteiger partial charge on any atom is -0.399 e. The molecule has 0 saturated heterocycles. The molecular formula is C10H14N4. The lowest BCUT2D eigenvalue weighted by Gasteiger charge is -1.91. The Hall–Kier alpha value is -1.55. The van der Waals surface area contributed by atoms with Crippen molar-refractivity contribution < 1.29 is 0 Å². The molecule has 14 heavy (non-hydrogen) atoms. The Bertz CT molecular complexity index is 433. The van der Waals surface area contributed by atoms with E-state index >= 15 is 0 Å². The van der Waals surface area contributed by atoms with Crippen LogP contribution in [0, 0.1) is 0 Å². The molecule has 74 valence electrons. The van der Waals surface area contributed by atoms with Gasteiger partial charge in [0.15, 0.2) is 0 Å². The molecule has 0 spiro atoms. The van der Waals surface area contributed by atoms with Crippen LogP contribution in [0.3, 0.4) is 0 Å². The molecule has 5 N–H and O–H groups in total. The van der Waals surface area contributed by atoms with E-state index in [1.54, 1.807) is 0 Å². The number of anilines is 1. The highest BCUT2D eigenvalue weighted by molar-refractivity contribution is 5.78. The number of hydrogen-bond acceptors (Lipinski definition) is 3. The standard InChI is InChI=1S/C10H14N4/c11-5-1-2-10-13-8-4-3-7(12)6-9(8)14-10/h3-4,6H,1-2,5,11-12H2,(H,13,14). The number of imidazole rings is 1. The van der Waals surface area contributed by atoms with Crippen molar-refractivity contribution in [1.29, 1.82) is 0 Å². The minimum absolute atomic E-state index is 0.694. The Balaban J connectivity index is 2.32. The summed E-state index contributed by atoms with van der Waals surface area (Å²) in [6.45, 7) is 0.694. The summed E-state index contributed by atoms with van der Waals surface area (Å²) < 4.78 is 0. The van der Waals surface area contributed by atoms with Crippen molar-refractivity contribution in [2.24, 2.45) is 5.73 Å². The first-order valence-corrected chi connectivity index (χ1v) is 4.74. The van der Waals surface area contributed by atoms with Gasteiger partial charge in [0, 0.05) is 12.1 Å². The van der Waals surface area contributed by atoms with Gasteiger partial charge in [-0.15, -0.1) is 0 Å². The average molecular weight is 190 g/mol. The van der Waals surface area contributed by atoms with Crippen LogP contribution in [0.1, 0.15) is 12.2 Å². The molecule has 0 fully saturated rings. The summed E-state index contributed by atoms with van der Waals surface area (Å²) in [6.07, 6.45) is 1.85. The molecule has 2 aromatic rings. The summed E-state index contributed by atoms with van der Waals surface area (Å²) in [6, 6.07) is 5.68. The van der Waals surface area contributed by atoms with Crippen LogP contribution in [-0.4, -0.2) is 16.5 Å². The van der Waals surface area contributed by atoms with Crippen LogP contribution >= 0.6 is 0 Å². The molecule has 0 radical (unpaired) electrons. The lowest BCUT2D eigenvalue weighted by Crippen LogP contribution is -2.01. The number of aromatic amines is 1. The van der Waals surface area contributed by atoms with Gasteiger partial charge in [-0.1, -0.05) is 0 Å². The second kappa shape index (κ2) is 3.67. The third-order valence-electron chi connectivity index (χ3n) is 2.17. The van der Waals surface area contributed by atoms with Crippen LogP contribution in [-0.2, 0) is 6.42 Å². The normalized spacial score (nSPS) is 10.9. The third-order valence-corrected chi connectivity index (χ3v) is 2.17. The number of fused-ring (bicyclic) bond motifs is 1. The fraction of sp³-hybridized carbons (Fsp3) is 0.300. The Kier molecular flexibility index (Phi) is 2.37. The van der Waals surface area contributed by atoms with Crippen LogP contribution in [0.2, 0.25) is 0 Å². The number of nitrogen functional groups attached to an aromatic ring is 1. The van der Waals surface area contributed by atoms with Gasteiger partial charge in [-0.2, -0.15) is 0 Å². The zero-order chi connectivity index (χ0) is 9.97. The lowest BCUT2D eigenvalue weighted by atomic mass is 10.3. The first-order chi connectivity index (χ1) is 6.79. The van der Waals surface area contributed by atoms with E-state index in [4.69, 9.17) is 11.5 Å². The minimum atomic E-state index is 0.694. The van der Waals surface area contributed by atoms with Gasteiger partial charge in [0.2, 0.25) is 0 Å². The number of nitrogens with zero attached hydrogens (tertiary/aromatic N) is 1. The first kappa shape index (κ1) is 9.02. The molecule has 0 saturated carbocycles. The lowest BCUT2D eigenvalue weighted by molar-refractivity contribution is 0.796. The molecule has 1 heterocycles. The Morgan fingerprint density at radius 2 is 2.21 bits per heavy atom. The quantitative estimate of drug-likeness (QED) is 0.632. The van der Waals surface area contributed by atoms with E-state index in [1.165, 1.54) is 0 Å². The number of hydrogen-bond donors (Lipinski definition) is 3. The van der Waals surface area contributed by atoms with E-state index in [-0.39, 0.29) is 0 Å². The molecule has 1 aromatic carbocycles. The average Bonchev–Trinajstić information content (AvgIpc) is 2.56. The number of aromatic nitrogens is 2. The number of H-pyrrole nitrogens is 1. The summed E-state index contributed by atoms with van der Waals surface area (Å²) in [5.74, 6) is 0.982. The zero-order valence-electron chi connectivity index (χ0n) is 7.96. The van der Waals surface area contributed by atoms with Gasteiger partial charge in [-0.3, -0.25) is 0 Å². The molecule has 4 heteroatoms. The molecule has 0 amide bonds. The smallest absolute Gasteiger partial charge is 0.107 e. The molecule has 0 atom stereocenters. The maximum atomic E-state index is 5.67. The first-order valence-electron chi connectivity index (χ1n) is 4.74. The van der Waals surface area contributed by atoms with Crippen molar-refractivity contribution in [3.05, 3.63) is 24.0 Å². The van der Waals surface area contributed by atoms with E-state index < -0.39 is 0 Å². The summed E-state index contributed by atoms with van der Waals surface area (Å²) in [7, 11) is 0. The highest BCUT2D eigenvalue weighted by atomic mass is 14.9. The van der Waals surface area contributed by atoms with E-state index in [0.29, 0.717) is 6.54 Å². The summed E-state index contributed by atoms with van der Waals surface area (Å²) in [4.78, 5) is 7.65. The number of benzene rings is 1. The molecule has 2 rings (SSSR count). The van der Waals surface area contributed by atoms with Crippen LogP contribution < -0.4 is 11.5 Å². The Morgan fingerprint density at radius 3 is 3.00 bits per heavy atom. The number of rotatable bonds is 3. The Morgan fingerprint density at radius 1 is 1.36 bits per heavy atom. The predicted molar refractivity (Wildman–Crippen MR) is 57.9 cm³/mol. The summed E-state index contributed by atoms with van der Waals surface area (Å²) in [5, 5.41) is 0. The fourth-order valence-corrected chi connectivity index (χ4v) is 1.47. The monoisotopic (exact) mass is 190 g/mol. The van der Waals surface area contributed by atoms with Gasteiger partial charge < -0.3 is 16.5 Å². The molecule has 4 nitrogen and oxygen atoms in total. The Labute approximate surface area is 82.3 Å². The SMILES string of the molecule is NCCCc1nc2ccc(N)cc2[nH]1. The van der Waals surface area contributed by atoms with Gasteiger partial charge in [0.1, 0.15) is 5.82 Å². The van der Waals surface area contributed by atoms with Gasteiger partial charge >= 0.3 is 0 Å². The molecular weight excluding hydrogens is 176 g/mol. The number of nitrogens with one attached hydrogen (secondary N) is 1. The van der Waals surface area contributed by atoms with Crippen molar-refractivity contribution in [1.82, 2.24) is 9.97 Å². The van der Waals surface area contributed by atoms with Gasteiger partial charge in [-0.05, 0) is 31.2 Å². The van der Waals surface area contributed by atoms with Crippen molar-refractivity contribution in [2.45, 2.75) is 12.8 Å². The molecule has 0 bridgehead atoms. The fourth-order valence-electron chi connectivity index (χ4n) is 1.47. The van der Waals surface area contributed by atoms with E-state index in [9.17, 15) is 0 Å². The van der Waals surface area contributed by atoms with Crippen LogP contribution in [0.4, 0.5) is 5.69 Å². The van der Waals surface area contributed by atoms with Crippen molar-refractivity contribution in [3.63, 3.8) is 0 Å². The van der Waals surface area contributed by atoms with E-state index in [0.717, 1.165) is 35.4 Å². The van der Waals surface area contributed by atoms with Crippen molar-refractivity contribution in [3.8, 4) is 0 Å². The van der Waals surface area contributed by atoms with Crippen LogP contribution in [0.15, 0.2) is 18.2 Å². The van der Waals surface area contributed by atoms with E-state index in [1.807, 2.05) is 18.2 Å².